The highest BCUT2D eigenvalue weighted by Gasteiger charge is 2.22. The number of amides is 1. The molecule has 1 aliphatic rings. The SMILES string of the molecule is Nc1cccc(C(=O)NCCN2CCCCC2)c1[N+](=O)[O-]. The number of nitrogens with zero attached hydrogens (tertiary/aromatic N) is 2. The van der Waals surface area contributed by atoms with Gasteiger partial charge in [0.1, 0.15) is 11.3 Å². The van der Waals surface area contributed by atoms with E-state index in [1.165, 1.54) is 31.4 Å². The van der Waals surface area contributed by atoms with E-state index >= 15 is 0 Å². The maximum absolute atomic E-state index is 12.1. The maximum atomic E-state index is 12.1. The van der Waals surface area contributed by atoms with Crippen LogP contribution >= 0.6 is 0 Å². The number of hydrogen-bond donors (Lipinski definition) is 2. The van der Waals surface area contributed by atoms with E-state index in [9.17, 15) is 14.9 Å². The Labute approximate surface area is 123 Å². The predicted octanol–water partition coefficient (Wildman–Crippen LogP) is 1.39. The summed E-state index contributed by atoms with van der Waals surface area (Å²) in [5.74, 6) is -0.453. The average molecular weight is 292 g/mol. The number of nitrogens with one attached hydrogen (secondary N) is 1. The molecule has 0 spiro atoms. The van der Waals surface area contributed by atoms with Gasteiger partial charge in [-0.2, -0.15) is 0 Å². The van der Waals surface area contributed by atoms with E-state index in [0.29, 0.717) is 6.54 Å². The molecule has 0 atom stereocenters. The molecule has 0 saturated carbocycles. The highest BCUT2D eigenvalue weighted by Crippen LogP contribution is 2.25. The van der Waals surface area contributed by atoms with Crippen molar-refractivity contribution < 1.29 is 9.72 Å². The second kappa shape index (κ2) is 7.03. The number of para-hydroxylation sites is 1. The number of likely N-dealkylation sites (tertiary alicyclic amines) is 1. The molecule has 1 aromatic carbocycles. The molecule has 0 aliphatic carbocycles. The van der Waals surface area contributed by atoms with Gasteiger partial charge in [-0.15, -0.1) is 0 Å². The zero-order chi connectivity index (χ0) is 15.2. The van der Waals surface area contributed by atoms with Crippen LogP contribution in [0.1, 0.15) is 29.6 Å². The van der Waals surface area contributed by atoms with Crippen molar-refractivity contribution in [3.05, 3.63) is 33.9 Å². The fraction of sp³-hybridized carbons (Fsp3) is 0.500. The van der Waals surface area contributed by atoms with Crippen LogP contribution in [0.3, 0.4) is 0 Å². The Kier molecular flexibility index (Phi) is 5.10. The Bertz CT molecular complexity index is 527. The summed E-state index contributed by atoms with van der Waals surface area (Å²) in [5.41, 5.74) is 5.27. The fourth-order valence-corrected chi connectivity index (χ4v) is 2.55. The first-order valence-electron chi connectivity index (χ1n) is 7.13. The second-order valence-corrected chi connectivity index (χ2v) is 5.16. The predicted molar refractivity (Wildman–Crippen MR) is 80.1 cm³/mol. The molecule has 1 heterocycles. The van der Waals surface area contributed by atoms with Crippen molar-refractivity contribution in [2.24, 2.45) is 0 Å². The molecule has 3 N–H and O–H groups in total. The van der Waals surface area contributed by atoms with Gasteiger partial charge in [-0.1, -0.05) is 12.5 Å². The van der Waals surface area contributed by atoms with Crippen LogP contribution in [-0.2, 0) is 0 Å². The van der Waals surface area contributed by atoms with Crippen molar-refractivity contribution in [2.45, 2.75) is 19.3 Å². The number of anilines is 1. The standard InChI is InChI=1S/C14H20N4O3/c15-12-6-4-5-11(13(12)18(20)21)14(19)16-7-10-17-8-2-1-3-9-17/h4-6H,1-3,7-10,15H2,(H,16,19). The monoisotopic (exact) mass is 292 g/mol. The molecule has 1 amide bonds. The van der Waals surface area contributed by atoms with Gasteiger partial charge in [-0.05, 0) is 38.1 Å². The molecule has 1 aliphatic heterocycles. The highest BCUT2D eigenvalue weighted by molar-refractivity contribution is 6.00. The van der Waals surface area contributed by atoms with Gasteiger partial charge >= 0.3 is 5.69 Å². The van der Waals surface area contributed by atoms with Gasteiger partial charge in [0.2, 0.25) is 0 Å². The van der Waals surface area contributed by atoms with Gasteiger partial charge in [0, 0.05) is 13.1 Å². The summed E-state index contributed by atoms with van der Waals surface area (Å²) in [6.07, 6.45) is 3.64. The first kappa shape index (κ1) is 15.2. The van der Waals surface area contributed by atoms with Crippen LogP contribution in [0.15, 0.2) is 18.2 Å². The zero-order valence-electron chi connectivity index (χ0n) is 11.9. The van der Waals surface area contributed by atoms with Crippen LogP contribution in [0.2, 0.25) is 0 Å². The fourth-order valence-electron chi connectivity index (χ4n) is 2.55. The minimum absolute atomic E-state index is 0.00341. The van der Waals surface area contributed by atoms with E-state index in [0.717, 1.165) is 19.6 Å². The summed E-state index contributed by atoms with van der Waals surface area (Å²) in [6, 6.07) is 4.38. The molecule has 0 radical (unpaired) electrons. The smallest absolute Gasteiger partial charge is 0.304 e. The first-order chi connectivity index (χ1) is 10.1. The van der Waals surface area contributed by atoms with Crippen LogP contribution < -0.4 is 11.1 Å². The van der Waals surface area contributed by atoms with Crippen LogP contribution in [-0.4, -0.2) is 41.9 Å². The van der Waals surface area contributed by atoms with Gasteiger partial charge in [-0.25, -0.2) is 0 Å². The van der Waals surface area contributed by atoms with Gasteiger partial charge in [0.15, 0.2) is 0 Å². The third-order valence-corrected chi connectivity index (χ3v) is 3.66. The van der Waals surface area contributed by atoms with Crippen molar-refractivity contribution in [3.8, 4) is 0 Å². The first-order valence-corrected chi connectivity index (χ1v) is 7.13. The third-order valence-electron chi connectivity index (χ3n) is 3.66. The lowest BCUT2D eigenvalue weighted by Gasteiger charge is -2.26. The van der Waals surface area contributed by atoms with Gasteiger partial charge in [0.05, 0.1) is 4.92 Å². The molecule has 1 aromatic rings. The van der Waals surface area contributed by atoms with Crippen molar-refractivity contribution in [2.75, 3.05) is 31.9 Å². The normalized spacial score (nSPS) is 15.6. The number of nitro groups is 1. The van der Waals surface area contributed by atoms with Gasteiger partial charge in [0.25, 0.3) is 5.91 Å². The molecule has 21 heavy (non-hydrogen) atoms. The number of rotatable bonds is 5. The van der Waals surface area contributed by atoms with Crippen LogP contribution in [0.4, 0.5) is 11.4 Å². The Morgan fingerprint density at radius 2 is 2.05 bits per heavy atom. The number of piperidine rings is 1. The molecular formula is C14H20N4O3. The lowest BCUT2D eigenvalue weighted by atomic mass is 10.1. The molecule has 114 valence electrons. The number of hydrogen-bond acceptors (Lipinski definition) is 5. The number of benzene rings is 1. The lowest BCUT2D eigenvalue weighted by Crippen LogP contribution is -2.37. The Balaban J connectivity index is 1.94. The molecule has 0 bridgehead atoms. The van der Waals surface area contributed by atoms with Crippen LogP contribution in [0, 0.1) is 10.1 Å². The van der Waals surface area contributed by atoms with E-state index in [1.807, 2.05) is 0 Å². The highest BCUT2D eigenvalue weighted by atomic mass is 16.6. The topological polar surface area (TPSA) is 102 Å². The quantitative estimate of drug-likeness (QED) is 0.485. The Morgan fingerprint density at radius 1 is 1.33 bits per heavy atom. The van der Waals surface area contributed by atoms with Crippen molar-refractivity contribution >= 4 is 17.3 Å². The van der Waals surface area contributed by atoms with E-state index in [1.54, 1.807) is 6.07 Å². The number of nitro benzene ring substituents is 1. The summed E-state index contributed by atoms with van der Waals surface area (Å²) in [5, 5.41) is 13.7. The largest absolute Gasteiger partial charge is 0.393 e. The molecular weight excluding hydrogens is 272 g/mol. The maximum Gasteiger partial charge on any atom is 0.304 e. The molecule has 7 heteroatoms. The van der Waals surface area contributed by atoms with E-state index in [4.69, 9.17) is 5.73 Å². The zero-order valence-corrected chi connectivity index (χ0v) is 11.9. The summed E-state index contributed by atoms with van der Waals surface area (Å²) >= 11 is 0. The van der Waals surface area contributed by atoms with E-state index in [-0.39, 0.29) is 16.9 Å². The van der Waals surface area contributed by atoms with Crippen molar-refractivity contribution in [1.82, 2.24) is 10.2 Å². The number of carbonyl (C=O) groups is 1. The summed E-state index contributed by atoms with van der Waals surface area (Å²) in [6.45, 7) is 3.34. The number of nitrogens with two attached hydrogens (primary N) is 1. The Hall–Kier alpha value is -2.15. The summed E-state index contributed by atoms with van der Waals surface area (Å²) < 4.78 is 0. The minimum atomic E-state index is -0.616. The number of carbonyl (C=O) groups excluding carboxylic acids is 1. The molecule has 0 unspecified atom stereocenters. The van der Waals surface area contributed by atoms with E-state index < -0.39 is 10.8 Å². The average Bonchev–Trinajstić information content (AvgIpc) is 2.47. The molecule has 1 saturated heterocycles. The third kappa shape index (κ3) is 3.91. The minimum Gasteiger partial charge on any atom is -0.393 e. The summed E-state index contributed by atoms with van der Waals surface area (Å²) in [4.78, 5) is 24.8. The molecule has 2 rings (SSSR count). The van der Waals surface area contributed by atoms with Crippen molar-refractivity contribution in [3.63, 3.8) is 0 Å². The lowest BCUT2D eigenvalue weighted by molar-refractivity contribution is -0.384. The van der Waals surface area contributed by atoms with Gasteiger partial charge < -0.3 is 16.0 Å². The molecule has 1 fully saturated rings. The van der Waals surface area contributed by atoms with Crippen LogP contribution in [0.25, 0.3) is 0 Å². The molecule has 7 nitrogen and oxygen atoms in total. The Morgan fingerprint density at radius 3 is 2.71 bits per heavy atom. The summed E-state index contributed by atoms with van der Waals surface area (Å²) in [7, 11) is 0. The van der Waals surface area contributed by atoms with Gasteiger partial charge in [-0.3, -0.25) is 14.9 Å². The van der Waals surface area contributed by atoms with E-state index in [2.05, 4.69) is 10.2 Å². The van der Waals surface area contributed by atoms with Crippen LogP contribution in [0.5, 0.6) is 0 Å². The second-order valence-electron chi connectivity index (χ2n) is 5.16. The van der Waals surface area contributed by atoms with Crippen molar-refractivity contribution in [1.29, 1.82) is 0 Å². The molecule has 0 aromatic heterocycles. The number of nitrogen functional groups attached to an aromatic ring is 1.